The van der Waals surface area contributed by atoms with E-state index < -0.39 is 24.3 Å². The maximum absolute atomic E-state index is 13.0. The normalized spacial score (nSPS) is 12.9. The average molecular weight is 1250 g/mol. The number of likely N-dealkylation sites (N-methyl/N-ethyl adjacent to an activating group) is 1. The van der Waals surface area contributed by atoms with Crippen molar-refractivity contribution in [3.05, 3.63) is 48.6 Å². The molecule has 0 rings (SSSR count). The molecule has 0 aromatic rings. The number of ether oxygens (including phenoxy) is 4. The van der Waals surface area contributed by atoms with Crippen LogP contribution in [0.25, 0.3) is 0 Å². The Morgan fingerprint density at radius 2 is 0.640 bits per heavy atom. The number of rotatable bonds is 73. The van der Waals surface area contributed by atoms with Crippen molar-refractivity contribution in [3.8, 4) is 0 Å². The van der Waals surface area contributed by atoms with Gasteiger partial charge < -0.3 is 33.3 Å². The third-order valence-electron chi connectivity index (χ3n) is 17.6. The summed E-state index contributed by atoms with van der Waals surface area (Å²) in [6.45, 7) is 4.72. The SMILES string of the molecule is CC/C=C\C/C=C\C/C=C\C/C=C\CCCCCCCCCCCCCCCCCCCCCCCCCCCCC(=O)OC(COC(=O)CCCCCCCCCCCCCCCCCCCCCCCCCCC)COC(OCC[N+](C)(C)C)C(=O)[O-]. The van der Waals surface area contributed by atoms with Gasteiger partial charge in [-0.15, -0.1) is 0 Å². The summed E-state index contributed by atoms with van der Waals surface area (Å²) in [6, 6.07) is 0. The summed E-state index contributed by atoms with van der Waals surface area (Å²) >= 11 is 0. The van der Waals surface area contributed by atoms with E-state index in [2.05, 4.69) is 62.5 Å². The molecule has 2 atom stereocenters. The number of nitrogens with zero attached hydrogens (tertiary/aromatic N) is 1. The quantitative estimate of drug-likeness (QED) is 0.0195. The van der Waals surface area contributed by atoms with E-state index in [9.17, 15) is 19.5 Å². The lowest BCUT2D eigenvalue weighted by molar-refractivity contribution is -0.870. The molecule has 0 heterocycles. The molecule has 0 saturated carbocycles. The van der Waals surface area contributed by atoms with Gasteiger partial charge in [-0.25, -0.2) is 0 Å². The van der Waals surface area contributed by atoms with Gasteiger partial charge in [-0.2, -0.15) is 0 Å². The van der Waals surface area contributed by atoms with E-state index >= 15 is 0 Å². The zero-order valence-corrected chi connectivity index (χ0v) is 59.8. The number of esters is 2. The minimum absolute atomic E-state index is 0.151. The summed E-state index contributed by atoms with van der Waals surface area (Å²) in [5, 5.41) is 11.8. The van der Waals surface area contributed by atoms with E-state index in [-0.39, 0.29) is 32.2 Å². The van der Waals surface area contributed by atoms with Crippen LogP contribution in [0.1, 0.15) is 386 Å². The number of allylic oxidation sites excluding steroid dienone is 8. The molecule has 0 amide bonds. The van der Waals surface area contributed by atoms with Gasteiger partial charge in [-0.1, -0.05) is 371 Å². The van der Waals surface area contributed by atoms with Gasteiger partial charge in [0.2, 0.25) is 0 Å². The first-order valence-electron chi connectivity index (χ1n) is 38.8. The zero-order chi connectivity index (χ0) is 64.7. The average Bonchev–Trinajstić information content (AvgIpc) is 3.64. The van der Waals surface area contributed by atoms with Crippen molar-refractivity contribution < 1.29 is 42.9 Å². The molecule has 0 aliphatic rings. The van der Waals surface area contributed by atoms with Gasteiger partial charge >= 0.3 is 11.9 Å². The van der Waals surface area contributed by atoms with Crippen molar-refractivity contribution in [1.82, 2.24) is 0 Å². The van der Waals surface area contributed by atoms with Crippen molar-refractivity contribution in [2.45, 2.75) is 399 Å². The molecule has 522 valence electrons. The van der Waals surface area contributed by atoms with Crippen LogP contribution in [0.2, 0.25) is 0 Å². The predicted molar refractivity (Wildman–Crippen MR) is 380 cm³/mol. The third-order valence-corrected chi connectivity index (χ3v) is 17.6. The fourth-order valence-electron chi connectivity index (χ4n) is 11.7. The zero-order valence-electron chi connectivity index (χ0n) is 59.8. The van der Waals surface area contributed by atoms with Gasteiger partial charge in [-0.05, 0) is 51.4 Å². The van der Waals surface area contributed by atoms with Crippen LogP contribution in [0.5, 0.6) is 0 Å². The smallest absolute Gasteiger partial charge is 0.306 e. The molecule has 0 aromatic heterocycles. The monoisotopic (exact) mass is 1250 g/mol. The van der Waals surface area contributed by atoms with E-state index in [1.54, 1.807) is 0 Å². The summed E-state index contributed by atoms with van der Waals surface area (Å²) in [7, 11) is 5.95. The second-order valence-corrected chi connectivity index (χ2v) is 27.6. The molecule has 2 unspecified atom stereocenters. The number of carboxylic acids is 1. The second-order valence-electron chi connectivity index (χ2n) is 27.6. The molecule has 0 fully saturated rings. The maximum Gasteiger partial charge on any atom is 0.306 e. The molecule has 0 aliphatic carbocycles. The first-order valence-corrected chi connectivity index (χ1v) is 38.8. The number of hydrogen-bond acceptors (Lipinski definition) is 8. The Hall–Kier alpha value is -2.75. The standard InChI is InChI=1S/C80H149NO8/c1-6-8-10-12-14-16-18-20-22-24-26-28-30-32-33-34-35-36-37-38-39-40-41-42-43-44-45-47-49-51-53-55-57-59-61-63-65-67-69-71-78(83)89-76(75-88-80(79(84)85)86-73-72-81(3,4)5)74-87-77(82)70-68-66-64-62-60-58-56-54-52-50-48-46-31-29-27-25-23-21-19-17-15-13-11-9-7-2/h8,10,14,16,20,22,26,28,76,80H,6-7,9,11-13,15,17-19,21,23-25,27,29-75H2,1-5H3/b10-8-,16-14-,22-20-,28-26-. The fraction of sp³-hybridized carbons (Fsp3) is 0.863. The van der Waals surface area contributed by atoms with Crippen LogP contribution >= 0.6 is 0 Å². The minimum Gasteiger partial charge on any atom is -0.545 e. The summed E-state index contributed by atoms with van der Waals surface area (Å²) in [6.07, 6.45) is 89.5. The number of quaternary nitrogens is 1. The van der Waals surface area contributed by atoms with E-state index in [4.69, 9.17) is 18.9 Å². The molecule has 0 bridgehead atoms. The highest BCUT2D eigenvalue weighted by Crippen LogP contribution is 2.20. The topological polar surface area (TPSA) is 111 Å². The number of carboxylic acid groups (broad SMARTS) is 1. The number of carbonyl (C=O) groups excluding carboxylic acids is 3. The second kappa shape index (κ2) is 71.1. The lowest BCUT2D eigenvalue weighted by Crippen LogP contribution is -2.44. The summed E-state index contributed by atoms with van der Waals surface area (Å²) in [5.41, 5.74) is 0. The molecule has 0 aliphatic heterocycles. The molecule has 0 saturated heterocycles. The van der Waals surface area contributed by atoms with Crippen LogP contribution < -0.4 is 5.11 Å². The number of unbranched alkanes of at least 4 members (excludes halogenated alkanes) is 50. The van der Waals surface area contributed by atoms with Gasteiger partial charge in [0.1, 0.15) is 13.2 Å². The Bertz CT molecular complexity index is 1600. The van der Waals surface area contributed by atoms with Gasteiger partial charge in [0.25, 0.3) is 0 Å². The molecular formula is C80H149NO8. The molecule has 0 radical (unpaired) electrons. The van der Waals surface area contributed by atoms with Gasteiger partial charge in [0, 0.05) is 12.8 Å². The molecule has 0 spiro atoms. The molecular weight excluding hydrogens is 1100 g/mol. The highest BCUT2D eigenvalue weighted by Gasteiger charge is 2.22. The number of carbonyl (C=O) groups is 3. The minimum atomic E-state index is -1.62. The number of aliphatic carboxylic acids is 1. The van der Waals surface area contributed by atoms with Crippen molar-refractivity contribution in [1.29, 1.82) is 0 Å². The van der Waals surface area contributed by atoms with E-state index in [1.165, 1.54) is 295 Å². The third kappa shape index (κ3) is 72.5. The molecule has 9 heteroatoms. The number of hydrogen-bond donors (Lipinski definition) is 0. The van der Waals surface area contributed by atoms with Crippen LogP contribution in [0, 0.1) is 0 Å². The van der Waals surface area contributed by atoms with E-state index in [0.717, 1.165) is 64.2 Å². The van der Waals surface area contributed by atoms with Crippen LogP contribution in [0.15, 0.2) is 48.6 Å². The highest BCUT2D eigenvalue weighted by atomic mass is 16.7. The maximum atomic E-state index is 13.0. The Morgan fingerprint density at radius 3 is 0.955 bits per heavy atom. The Morgan fingerprint density at radius 1 is 0.348 bits per heavy atom. The Kier molecular flexibility index (Phi) is 68.9. The predicted octanol–water partition coefficient (Wildman–Crippen LogP) is 23.1. The summed E-state index contributed by atoms with van der Waals surface area (Å²) in [4.78, 5) is 37.6. The molecule has 0 aromatic carbocycles. The lowest BCUT2D eigenvalue weighted by atomic mass is 10.0. The van der Waals surface area contributed by atoms with Gasteiger partial charge in [0.05, 0.1) is 40.3 Å². The highest BCUT2D eigenvalue weighted by molar-refractivity contribution is 5.70. The Balaban J connectivity index is 3.95. The van der Waals surface area contributed by atoms with Crippen molar-refractivity contribution in [3.63, 3.8) is 0 Å². The van der Waals surface area contributed by atoms with Crippen LogP contribution in [0.4, 0.5) is 0 Å². The summed E-state index contributed by atoms with van der Waals surface area (Å²) in [5.74, 6) is -2.25. The Labute approximate surface area is 553 Å². The fourth-order valence-corrected chi connectivity index (χ4v) is 11.7. The molecule has 0 N–H and O–H groups in total. The first-order chi connectivity index (χ1) is 43.6. The van der Waals surface area contributed by atoms with Crippen LogP contribution in [0.3, 0.4) is 0 Å². The molecule has 89 heavy (non-hydrogen) atoms. The van der Waals surface area contributed by atoms with Crippen molar-refractivity contribution in [2.24, 2.45) is 0 Å². The summed E-state index contributed by atoms with van der Waals surface area (Å²) < 4.78 is 22.9. The van der Waals surface area contributed by atoms with Crippen molar-refractivity contribution in [2.75, 3.05) is 47.5 Å². The lowest BCUT2D eigenvalue weighted by Gasteiger charge is -2.26. The van der Waals surface area contributed by atoms with E-state index in [0.29, 0.717) is 17.4 Å². The largest absolute Gasteiger partial charge is 0.545 e. The van der Waals surface area contributed by atoms with E-state index in [1.807, 2.05) is 21.1 Å². The van der Waals surface area contributed by atoms with Gasteiger partial charge in [-0.3, -0.25) is 9.59 Å². The van der Waals surface area contributed by atoms with Crippen molar-refractivity contribution >= 4 is 17.9 Å². The van der Waals surface area contributed by atoms with Crippen LogP contribution in [-0.4, -0.2) is 82.3 Å². The van der Waals surface area contributed by atoms with Gasteiger partial charge in [0.15, 0.2) is 12.4 Å². The molecule has 9 nitrogen and oxygen atoms in total. The van der Waals surface area contributed by atoms with Crippen LogP contribution in [-0.2, 0) is 33.3 Å². The first kappa shape index (κ1) is 86.2.